The summed E-state index contributed by atoms with van der Waals surface area (Å²) in [4.78, 5) is 20.2. The molecule has 1 amide bonds. The number of aromatic nitrogens is 2. The molecule has 92 valence electrons. The van der Waals surface area contributed by atoms with Crippen LogP contribution in [-0.4, -0.2) is 29.0 Å². The summed E-state index contributed by atoms with van der Waals surface area (Å²) in [5.74, 6) is 0.992. The number of carbonyl (C=O) groups excluding carboxylic acids is 1. The summed E-state index contributed by atoms with van der Waals surface area (Å²) in [5, 5.41) is 6.12. The van der Waals surface area contributed by atoms with Gasteiger partial charge in [0.15, 0.2) is 0 Å². The summed E-state index contributed by atoms with van der Waals surface area (Å²) >= 11 is 0. The molecule has 1 aliphatic heterocycles. The van der Waals surface area contributed by atoms with Gasteiger partial charge in [0.1, 0.15) is 5.82 Å². The van der Waals surface area contributed by atoms with E-state index in [9.17, 15) is 4.79 Å². The lowest BCUT2D eigenvalue weighted by molar-refractivity contribution is -0.120. The molecule has 1 aromatic heterocycles. The number of nitrogens with zero attached hydrogens (tertiary/aromatic N) is 2. The van der Waals surface area contributed by atoms with Crippen molar-refractivity contribution in [2.75, 3.05) is 18.4 Å². The maximum Gasteiger partial charge on any atom is 0.227 e. The molecule has 0 aliphatic carbocycles. The quantitative estimate of drug-likeness (QED) is 0.818. The molecule has 0 spiro atoms. The largest absolute Gasteiger partial charge is 0.323 e. The van der Waals surface area contributed by atoms with Crippen molar-refractivity contribution in [3.8, 4) is 0 Å². The van der Waals surface area contributed by atoms with Gasteiger partial charge in [0.2, 0.25) is 5.91 Å². The minimum absolute atomic E-state index is 0.0827. The summed E-state index contributed by atoms with van der Waals surface area (Å²) in [6, 6.07) is 0. The minimum Gasteiger partial charge on any atom is -0.323 e. The molecule has 5 heteroatoms. The Hall–Kier alpha value is -1.49. The fourth-order valence-electron chi connectivity index (χ4n) is 1.93. The lowest BCUT2D eigenvalue weighted by Crippen LogP contribution is -2.34. The van der Waals surface area contributed by atoms with Crippen molar-refractivity contribution < 1.29 is 4.79 Å². The van der Waals surface area contributed by atoms with Gasteiger partial charge in [-0.3, -0.25) is 4.79 Å². The second kappa shape index (κ2) is 5.72. The molecule has 1 saturated heterocycles. The molecule has 0 aromatic carbocycles. The average molecular weight is 234 g/mol. The van der Waals surface area contributed by atoms with Gasteiger partial charge in [-0.1, -0.05) is 6.92 Å². The molecule has 2 N–H and O–H groups in total. The topological polar surface area (TPSA) is 66.9 Å². The highest BCUT2D eigenvalue weighted by Crippen LogP contribution is 2.14. The summed E-state index contributed by atoms with van der Waals surface area (Å²) in [5.41, 5.74) is 0.686. The molecule has 17 heavy (non-hydrogen) atoms. The van der Waals surface area contributed by atoms with E-state index in [0.29, 0.717) is 5.69 Å². The average Bonchev–Trinajstić information content (AvgIpc) is 2.40. The lowest BCUT2D eigenvalue weighted by Gasteiger charge is -2.21. The van der Waals surface area contributed by atoms with Crippen LogP contribution in [0.25, 0.3) is 0 Å². The van der Waals surface area contributed by atoms with Crippen molar-refractivity contribution in [1.82, 2.24) is 15.3 Å². The van der Waals surface area contributed by atoms with E-state index in [1.54, 1.807) is 12.4 Å². The summed E-state index contributed by atoms with van der Waals surface area (Å²) in [6.07, 6.45) is 5.96. The minimum atomic E-state index is 0.0827. The highest BCUT2D eigenvalue weighted by atomic mass is 16.1. The summed E-state index contributed by atoms with van der Waals surface area (Å²) in [6.45, 7) is 3.84. The van der Waals surface area contributed by atoms with Crippen molar-refractivity contribution in [2.45, 2.75) is 26.2 Å². The number of hydrogen-bond acceptors (Lipinski definition) is 4. The van der Waals surface area contributed by atoms with Gasteiger partial charge < -0.3 is 10.6 Å². The number of aryl methyl sites for hydroxylation is 1. The van der Waals surface area contributed by atoms with Crippen LogP contribution >= 0.6 is 0 Å². The molecular weight excluding hydrogens is 216 g/mol. The van der Waals surface area contributed by atoms with Crippen LogP contribution in [0.2, 0.25) is 0 Å². The van der Waals surface area contributed by atoms with Gasteiger partial charge in [0.05, 0.1) is 18.1 Å². The Morgan fingerprint density at radius 3 is 2.65 bits per heavy atom. The van der Waals surface area contributed by atoms with Crippen LogP contribution in [0.5, 0.6) is 0 Å². The van der Waals surface area contributed by atoms with Gasteiger partial charge in [0, 0.05) is 12.3 Å². The maximum atomic E-state index is 11.9. The lowest BCUT2D eigenvalue weighted by atomic mass is 9.97. The van der Waals surface area contributed by atoms with Crippen molar-refractivity contribution >= 4 is 11.6 Å². The molecule has 1 fully saturated rings. The van der Waals surface area contributed by atoms with Crippen LogP contribution in [0.4, 0.5) is 5.69 Å². The third-order valence-electron chi connectivity index (χ3n) is 3.00. The van der Waals surface area contributed by atoms with Crippen LogP contribution in [-0.2, 0) is 11.2 Å². The van der Waals surface area contributed by atoms with Crippen LogP contribution < -0.4 is 10.6 Å². The van der Waals surface area contributed by atoms with Crippen LogP contribution in [0.1, 0.15) is 25.6 Å². The van der Waals surface area contributed by atoms with Gasteiger partial charge in [-0.15, -0.1) is 0 Å². The zero-order valence-corrected chi connectivity index (χ0v) is 10.1. The fraction of sp³-hybridized carbons (Fsp3) is 0.583. The Balaban J connectivity index is 1.92. The maximum absolute atomic E-state index is 11.9. The fourth-order valence-corrected chi connectivity index (χ4v) is 1.93. The molecule has 0 saturated carbocycles. The van der Waals surface area contributed by atoms with Crippen molar-refractivity contribution in [3.63, 3.8) is 0 Å². The Bertz CT molecular complexity index is 371. The molecule has 2 heterocycles. The molecule has 2 rings (SSSR count). The molecular formula is C12H18N4O. The number of piperidine rings is 1. The molecule has 5 nitrogen and oxygen atoms in total. The molecule has 0 radical (unpaired) electrons. The molecule has 0 bridgehead atoms. The zero-order valence-electron chi connectivity index (χ0n) is 10.1. The van der Waals surface area contributed by atoms with Crippen LogP contribution in [0, 0.1) is 5.92 Å². The first-order valence-corrected chi connectivity index (χ1v) is 6.12. The number of rotatable bonds is 3. The monoisotopic (exact) mass is 234 g/mol. The van der Waals surface area contributed by atoms with Crippen LogP contribution in [0.3, 0.4) is 0 Å². The summed E-state index contributed by atoms with van der Waals surface area (Å²) in [7, 11) is 0. The molecule has 1 aliphatic rings. The van der Waals surface area contributed by atoms with E-state index in [1.807, 2.05) is 6.92 Å². The third kappa shape index (κ3) is 3.23. The Labute approximate surface area is 101 Å². The standard InChI is InChI=1S/C12H18N4O/c1-2-11-14-7-10(8-15-11)16-12(17)9-3-5-13-6-4-9/h7-9,13H,2-6H2,1H3,(H,16,17). The van der Waals surface area contributed by atoms with Crippen LogP contribution in [0.15, 0.2) is 12.4 Å². The van der Waals surface area contributed by atoms with Gasteiger partial charge in [-0.2, -0.15) is 0 Å². The predicted octanol–water partition coefficient (Wildman–Crippen LogP) is 0.977. The first kappa shape index (κ1) is 12.0. The first-order valence-electron chi connectivity index (χ1n) is 6.12. The second-order valence-electron chi connectivity index (χ2n) is 4.26. The third-order valence-corrected chi connectivity index (χ3v) is 3.00. The number of amides is 1. The number of carbonyl (C=O) groups is 1. The van der Waals surface area contributed by atoms with E-state index in [2.05, 4.69) is 20.6 Å². The van der Waals surface area contributed by atoms with E-state index in [1.165, 1.54) is 0 Å². The second-order valence-corrected chi connectivity index (χ2v) is 4.26. The highest BCUT2D eigenvalue weighted by molar-refractivity contribution is 5.92. The van der Waals surface area contributed by atoms with Gasteiger partial charge >= 0.3 is 0 Å². The Kier molecular flexibility index (Phi) is 4.03. The first-order chi connectivity index (χ1) is 8.29. The van der Waals surface area contributed by atoms with Crippen molar-refractivity contribution in [2.24, 2.45) is 5.92 Å². The highest BCUT2D eigenvalue weighted by Gasteiger charge is 2.20. The predicted molar refractivity (Wildman–Crippen MR) is 65.6 cm³/mol. The molecule has 1 aromatic rings. The van der Waals surface area contributed by atoms with E-state index in [4.69, 9.17) is 0 Å². The number of anilines is 1. The Morgan fingerprint density at radius 2 is 2.06 bits per heavy atom. The van der Waals surface area contributed by atoms with E-state index >= 15 is 0 Å². The van der Waals surface area contributed by atoms with Gasteiger partial charge in [0.25, 0.3) is 0 Å². The van der Waals surface area contributed by atoms with E-state index < -0.39 is 0 Å². The summed E-state index contributed by atoms with van der Waals surface area (Å²) < 4.78 is 0. The SMILES string of the molecule is CCc1ncc(NC(=O)C2CCNCC2)cn1. The number of nitrogens with one attached hydrogen (secondary N) is 2. The zero-order chi connectivity index (χ0) is 12.1. The molecule has 0 atom stereocenters. The molecule has 0 unspecified atom stereocenters. The van der Waals surface area contributed by atoms with E-state index in [-0.39, 0.29) is 11.8 Å². The number of hydrogen-bond donors (Lipinski definition) is 2. The van der Waals surface area contributed by atoms with Crippen molar-refractivity contribution in [1.29, 1.82) is 0 Å². The van der Waals surface area contributed by atoms with Gasteiger partial charge in [-0.25, -0.2) is 9.97 Å². The smallest absolute Gasteiger partial charge is 0.227 e. The Morgan fingerprint density at radius 1 is 1.41 bits per heavy atom. The van der Waals surface area contributed by atoms with E-state index in [0.717, 1.165) is 38.2 Å². The van der Waals surface area contributed by atoms with Crippen molar-refractivity contribution in [3.05, 3.63) is 18.2 Å². The normalized spacial score (nSPS) is 16.8. The van der Waals surface area contributed by atoms with Gasteiger partial charge in [-0.05, 0) is 25.9 Å².